The number of methoxy groups -OCH3 is 2. The molecule has 20 nitrogen and oxygen atoms in total. The van der Waals surface area contributed by atoms with Crippen molar-refractivity contribution >= 4 is 47.3 Å². The van der Waals surface area contributed by atoms with Gasteiger partial charge in [0, 0.05) is 53.4 Å². The highest BCUT2D eigenvalue weighted by Crippen LogP contribution is 2.30. The van der Waals surface area contributed by atoms with Gasteiger partial charge in [-0.1, -0.05) is 85.2 Å². The third-order valence-corrected chi connectivity index (χ3v) is 13.7. The minimum Gasteiger partial charge on any atom is -0.480 e. The molecule has 1 saturated heterocycles. The number of carbonyl (C=O) groups excluding carboxylic acids is 7. The molecule has 0 radical (unpaired) electrons. The van der Waals surface area contributed by atoms with Crippen LogP contribution >= 0.6 is 0 Å². The van der Waals surface area contributed by atoms with Crippen LogP contribution in [0.15, 0.2) is 42.5 Å². The quantitative estimate of drug-likeness (QED) is 0.0678. The summed E-state index contributed by atoms with van der Waals surface area (Å²) in [6.07, 6.45) is 2.82. The molecule has 2 aliphatic heterocycles. The zero-order valence-electron chi connectivity index (χ0n) is 44.3. The fraction of sp³-hybridized carbons (Fsp3) is 0.692. The van der Waals surface area contributed by atoms with E-state index in [0.717, 1.165) is 10.5 Å². The number of hydrogen-bond donors (Lipinski definition) is 3. The van der Waals surface area contributed by atoms with Crippen molar-refractivity contribution < 1.29 is 67.1 Å². The molecule has 1 fully saturated rings. The van der Waals surface area contributed by atoms with Crippen LogP contribution in [0.2, 0.25) is 0 Å². The Hall–Kier alpha value is -5.28. The molecule has 9 atom stereocenters. The second kappa shape index (κ2) is 30.7. The van der Waals surface area contributed by atoms with Crippen LogP contribution in [0.5, 0.6) is 0 Å². The normalized spacial score (nSPS) is 18.1. The predicted molar refractivity (Wildman–Crippen MR) is 267 cm³/mol. The van der Waals surface area contributed by atoms with Gasteiger partial charge in [-0.2, -0.15) is 0 Å². The van der Waals surface area contributed by atoms with Crippen molar-refractivity contribution in [1.82, 2.24) is 30.2 Å². The van der Waals surface area contributed by atoms with Crippen LogP contribution in [0.4, 0.5) is 0 Å². The number of nitrogens with one attached hydrogen (secondary N) is 2. The maximum absolute atomic E-state index is 14.6. The first-order chi connectivity index (χ1) is 34.2. The first kappa shape index (κ1) is 61.0. The van der Waals surface area contributed by atoms with Crippen LogP contribution in [-0.2, 0) is 68.5 Å². The SMILES string of the molecule is CC[C@H](C)[C@@H]([C@@H](CC(=O)N1CCC[C@H]1[C@H](OC)[C@@H](C)C(=O)N[C@@H](Cc1ccccc1)C(=O)O)OC)N(C)C(=O)[C@@H](NC(=O)[C@H](C(C)C)N(C)C(=O)CCOCCOCCOCCN1C(=O)C=CC1=O)C(C)C. The molecule has 0 saturated carbocycles. The Morgan fingerprint density at radius 3 is 1.92 bits per heavy atom. The van der Waals surface area contributed by atoms with Crippen LogP contribution in [0.1, 0.15) is 86.1 Å². The summed E-state index contributed by atoms with van der Waals surface area (Å²) in [6, 6.07) is 4.89. The number of rotatable bonds is 33. The highest BCUT2D eigenvalue weighted by molar-refractivity contribution is 6.12. The van der Waals surface area contributed by atoms with Gasteiger partial charge >= 0.3 is 5.97 Å². The number of hydrogen-bond acceptors (Lipinski definition) is 13. The van der Waals surface area contributed by atoms with Gasteiger partial charge in [-0.25, -0.2) is 4.79 Å². The Morgan fingerprint density at radius 2 is 1.38 bits per heavy atom. The third kappa shape index (κ3) is 17.7. The average molecular weight is 1020 g/mol. The molecule has 3 rings (SSSR count). The number of carboxylic acid groups (broad SMARTS) is 1. The molecule has 0 bridgehead atoms. The highest BCUT2D eigenvalue weighted by atomic mass is 16.5. The number of imide groups is 1. The molecular formula is C52H82N6O14. The maximum atomic E-state index is 14.6. The van der Waals surface area contributed by atoms with Gasteiger partial charge in [0.15, 0.2) is 0 Å². The van der Waals surface area contributed by atoms with Gasteiger partial charge in [0.25, 0.3) is 11.8 Å². The van der Waals surface area contributed by atoms with Crippen LogP contribution in [0, 0.1) is 23.7 Å². The molecule has 0 aromatic heterocycles. The summed E-state index contributed by atoms with van der Waals surface area (Å²) < 4.78 is 28.5. The van der Waals surface area contributed by atoms with Gasteiger partial charge in [-0.05, 0) is 36.2 Å². The van der Waals surface area contributed by atoms with Gasteiger partial charge in [0.1, 0.15) is 18.1 Å². The average Bonchev–Trinajstić information content (AvgIpc) is 3.96. The van der Waals surface area contributed by atoms with Crippen molar-refractivity contribution in [1.29, 1.82) is 0 Å². The van der Waals surface area contributed by atoms with Crippen LogP contribution in [-0.4, -0.2) is 195 Å². The smallest absolute Gasteiger partial charge is 0.326 e. The Morgan fingerprint density at radius 1 is 0.778 bits per heavy atom. The number of aliphatic carboxylic acids is 1. The zero-order valence-corrected chi connectivity index (χ0v) is 44.3. The summed E-state index contributed by atoms with van der Waals surface area (Å²) in [6.45, 7) is 14.8. The number of ether oxygens (including phenoxy) is 5. The Bertz CT molecular complexity index is 1950. The summed E-state index contributed by atoms with van der Waals surface area (Å²) in [5.41, 5.74) is 0.760. The number of carbonyl (C=O) groups is 8. The van der Waals surface area contributed by atoms with E-state index in [0.29, 0.717) is 25.8 Å². The summed E-state index contributed by atoms with van der Waals surface area (Å²) >= 11 is 0. The highest BCUT2D eigenvalue weighted by Gasteiger charge is 2.44. The first-order valence-electron chi connectivity index (χ1n) is 25.2. The van der Waals surface area contributed by atoms with E-state index < -0.39 is 66.1 Å². The van der Waals surface area contributed by atoms with E-state index in [1.165, 1.54) is 31.3 Å². The molecule has 3 N–H and O–H groups in total. The van der Waals surface area contributed by atoms with Crippen LogP contribution < -0.4 is 10.6 Å². The van der Waals surface area contributed by atoms with Crippen LogP contribution in [0.3, 0.4) is 0 Å². The number of nitrogens with zero attached hydrogens (tertiary/aromatic N) is 4. The van der Waals surface area contributed by atoms with Crippen molar-refractivity contribution in [2.24, 2.45) is 23.7 Å². The minimum absolute atomic E-state index is 0.00294. The minimum atomic E-state index is -1.17. The molecule has 7 amide bonds. The predicted octanol–water partition coefficient (Wildman–Crippen LogP) is 2.71. The van der Waals surface area contributed by atoms with E-state index in [1.54, 1.807) is 55.1 Å². The largest absolute Gasteiger partial charge is 0.480 e. The monoisotopic (exact) mass is 1010 g/mol. The lowest BCUT2D eigenvalue weighted by Crippen LogP contribution is -2.60. The molecule has 404 valence electrons. The fourth-order valence-corrected chi connectivity index (χ4v) is 9.40. The molecular weight excluding hydrogens is 933 g/mol. The van der Waals surface area contributed by atoms with Crippen molar-refractivity contribution in [2.45, 2.75) is 129 Å². The molecule has 0 aliphatic carbocycles. The molecule has 20 heteroatoms. The van der Waals surface area contributed by atoms with Gasteiger partial charge in [-0.3, -0.25) is 38.5 Å². The summed E-state index contributed by atoms with van der Waals surface area (Å²) in [5, 5.41) is 15.6. The van der Waals surface area contributed by atoms with Gasteiger partial charge in [-0.15, -0.1) is 0 Å². The molecule has 72 heavy (non-hydrogen) atoms. The molecule has 1 aromatic rings. The number of amides is 7. The number of likely N-dealkylation sites (tertiary alicyclic amines) is 1. The molecule has 1 aromatic carbocycles. The lowest BCUT2D eigenvalue weighted by atomic mass is 9.89. The maximum Gasteiger partial charge on any atom is 0.326 e. The lowest BCUT2D eigenvalue weighted by Gasteiger charge is -2.41. The Kier molecular flexibility index (Phi) is 26.0. The van der Waals surface area contributed by atoms with E-state index in [1.807, 2.05) is 47.6 Å². The fourth-order valence-electron chi connectivity index (χ4n) is 9.40. The topological polar surface area (TPSA) is 240 Å². The van der Waals surface area contributed by atoms with Gasteiger partial charge in [0.05, 0.1) is 89.2 Å². The van der Waals surface area contributed by atoms with Crippen molar-refractivity contribution in [3.63, 3.8) is 0 Å². The number of benzene rings is 1. The molecule has 2 aliphatic rings. The summed E-state index contributed by atoms with van der Waals surface area (Å²) in [7, 11) is 6.17. The van der Waals surface area contributed by atoms with E-state index in [2.05, 4.69) is 10.6 Å². The summed E-state index contributed by atoms with van der Waals surface area (Å²) in [5.74, 6) is -5.45. The number of carboxylic acids is 1. The van der Waals surface area contributed by atoms with Gasteiger partial charge < -0.3 is 54.1 Å². The second-order valence-corrected chi connectivity index (χ2v) is 19.4. The number of likely N-dealkylation sites (N-methyl/N-ethyl adjacent to an activating group) is 2. The first-order valence-corrected chi connectivity index (χ1v) is 25.2. The van der Waals surface area contributed by atoms with Crippen molar-refractivity contribution in [2.75, 3.05) is 81.0 Å². The lowest BCUT2D eigenvalue weighted by molar-refractivity contribution is -0.149. The van der Waals surface area contributed by atoms with E-state index >= 15 is 0 Å². The Labute approximate surface area is 425 Å². The molecule has 0 unspecified atom stereocenters. The molecule has 0 spiro atoms. The van der Waals surface area contributed by atoms with Crippen molar-refractivity contribution in [3.05, 3.63) is 48.0 Å². The Balaban J connectivity index is 1.60. The van der Waals surface area contributed by atoms with E-state index in [4.69, 9.17) is 23.7 Å². The van der Waals surface area contributed by atoms with Crippen LogP contribution in [0.25, 0.3) is 0 Å². The molecule has 2 heterocycles. The standard InChI is InChI=1S/C52H82N6O14/c1-12-35(6)47(40(68-10)32-44(62)57-23-16-19-39(57)48(69-11)36(7)49(63)53-38(52(66)67)31-37-17-14-13-15-18-37)56(9)51(65)45(33(2)3)54-50(64)46(34(4)5)55(8)41(59)22-25-70-27-29-72-30-28-71-26-24-58-42(60)20-21-43(58)61/h13-15,17-18,20-21,33-36,38-40,45-48H,12,16,19,22-32H2,1-11H3,(H,53,63)(H,54,64)(H,66,67)/t35-,36+,38-,39-,40+,45-,46-,47-,48+/m0/s1. The van der Waals surface area contributed by atoms with E-state index in [-0.39, 0.29) is 113 Å². The van der Waals surface area contributed by atoms with E-state index in [9.17, 15) is 43.5 Å². The van der Waals surface area contributed by atoms with Crippen molar-refractivity contribution in [3.8, 4) is 0 Å². The third-order valence-electron chi connectivity index (χ3n) is 13.7. The second-order valence-electron chi connectivity index (χ2n) is 19.4. The summed E-state index contributed by atoms with van der Waals surface area (Å²) in [4.78, 5) is 111. The zero-order chi connectivity index (χ0) is 53.7. The van der Waals surface area contributed by atoms with Gasteiger partial charge in [0.2, 0.25) is 29.5 Å².